The Balaban J connectivity index is 1.87. The third-order valence-corrected chi connectivity index (χ3v) is 6.97. The molecule has 2 aromatic rings. The fourth-order valence-electron chi connectivity index (χ4n) is 2.91. The summed E-state index contributed by atoms with van der Waals surface area (Å²) < 4.78 is 17.7. The van der Waals surface area contributed by atoms with Gasteiger partial charge in [-0.2, -0.15) is 0 Å². The summed E-state index contributed by atoms with van der Waals surface area (Å²) in [6.45, 7) is 6.19. The molecule has 1 fully saturated rings. The Kier molecular flexibility index (Phi) is 5.08. The summed E-state index contributed by atoms with van der Waals surface area (Å²) in [6, 6.07) is 20.5. The van der Waals surface area contributed by atoms with Crippen molar-refractivity contribution >= 4 is 25.4 Å². The summed E-state index contributed by atoms with van der Waals surface area (Å²) in [5.41, 5.74) is -0.383. The lowest BCUT2D eigenvalue weighted by Gasteiger charge is -2.39. The highest BCUT2D eigenvalue weighted by atomic mass is 28.3. The van der Waals surface area contributed by atoms with Gasteiger partial charge in [-0.15, -0.1) is 0 Å². The average Bonchev–Trinajstić information content (AvgIpc) is 2.99. The lowest BCUT2D eigenvalue weighted by atomic mass is 9.86. The molecule has 0 aliphatic carbocycles. The van der Waals surface area contributed by atoms with Gasteiger partial charge in [0.05, 0.1) is 0 Å². The Morgan fingerprint density at radius 2 is 1.52 bits per heavy atom. The molecule has 0 N–H and O–H groups in total. The maximum Gasteiger partial charge on any atom is 0.334 e. The first-order chi connectivity index (χ1) is 11.9. The van der Waals surface area contributed by atoms with Crippen molar-refractivity contribution in [1.29, 1.82) is 0 Å². The second kappa shape index (κ2) is 7.12. The zero-order chi connectivity index (χ0) is 17.9. The maximum atomic E-state index is 11.7. The van der Waals surface area contributed by atoms with Crippen LogP contribution in [-0.2, 0) is 18.7 Å². The summed E-state index contributed by atoms with van der Waals surface area (Å²) >= 11 is 0. The number of hydrogen-bond donors (Lipinski definition) is 0. The molecule has 0 unspecified atom stereocenters. The number of benzene rings is 2. The van der Waals surface area contributed by atoms with Crippen molar-refractivity contribution in [2.75, 3.05) is 13.2 Å². The molecule has 0 amide bonds. The van der Waals surface area contributed by atoms with Gasteiger partial charge in [0.25, 0.3) is 0 Å². The highest BCUT2D eigenvalue weighted by Crippen LogP contribution is 2.38. The van der Waals surface area contributed by atoms with Crippen LogP contribution in [0.15, 0.2) is 60.7 Å². The summed E-state index contributed by atoms with van der Waals surface area (Å²) in [5, 5.41) is 2.36. The normalized spacial score (nSPS) is 20.7. The van der Waals surface area contributed by atoms with Gasteiger partial charge in [-0.3, -0.25) is 0 Å². The summed E-state index contributed by atoms with van der Waals surface area (Å²) in [6.07, 6.45) is 0. The van der Waals surface area contributed by atoms with E-state index in [0.29, 0.717) is 0 Å². The van der Waals surface area contributed by atoms with Gasteiger partial charge in [-0.25, -0.2) is 4.79 Å². The molecule has 132 valence electrons. The Hall–Kier alpha value is -1.95. The van der Waals surface area contributed by atoms with Gasteiger partial charge in [-0.1, -0.05) is 81.4 Å². The Morgan fingerprint density at radius 1 is 1.00 bits per heavy atom. The zero-order valence-corrected chi connectivity index (χ0v) is 16.1. The zero-order valence-electron chi connectivity index (χ0n) is 14.9. The van der Waals surface area contributed by atoms with E-state index in [2.05, 4.69) is 24.3 Å². The van der Waals surface area contributed by atoms with E-state index < -0.39 is 14.8 Å². The van der Waals surface area contributed by atoms with Gasteiger partial charge in [0.1, 0.15) is 13.2 Å². The molecule has 0 spiro atoms. The van der Waals surface area contributed by atoms with Gasteiger partial charge < -0.3 is 13.9 Å². The molecule has 1 aliphatic rings. The number of rotatable bonds is 5. The molecule has 0 saturated carbocycles. The van der Waals surface area contributed by atoms with E-state index in [4.69, 9.17) is 13.9 Å². The minimum Gasteiger partial charge on any atom is -0.428 e. The fourth-order valence-corrected chi connectivity index (χ4v) is 5.21. The van der Waals surface area contributed by atoms with E-state index >= 15 is 0 Å². The Labute approximate surface area is 150 Å². The van der Waals surface area contributed by atoms with Gasteiger partial charge >= 0.3 is 5.97 Å². The molecule has 1 atom stereocenters. The number of carbonyl (C=O) groups excluding carboxylic acids is 1. The van der Waals surface area contributed by atoms with Crippen molar-refractivity contribution in [3.05, 3.63) is 60.7 Å². The smallest absolute Gasteiger partial charge is 0.334 e. The lowest BCUT2D eigenvalue weighted by Crippen LogP contribution is -2.53. The molecule has 4 nitrogen and oxygen atoms in total. The molecule has 1 aliphatic heterocycles. The van der Waals surface area contributed by atoms with E-state index in [1.165, 1.54) is 10.4 Å². The minimum atomic E-state index is -1.91. The third kappa shape index (κ3) is 3.84. The molecule has 0 bridgehead atoms. The number of carbonyl (C=O) groups is 1. The minimum absolute atomic E-state index is 0.0243. The van der Waals surface area contributed by atoms with Crippen LogP contribution in [-0.4, -0.2) is 34.0 Å². The van der Waals surface area contributed by atoms with E-state index in [1.807, 2.05) is 57.2 Å². The van der Waals surface area contributed by atoms with Crippen LogP contribution in [0.2, 0.25) is 0 Å². The third-order valence-electron chi connectivity index (χ3n) is 4.49. The van der Waals surface area contributed by atoms with Crippen LogP contribution in [0.3, 0.4) is 0 Å². The van der Waals surface area contributed by atoms with E-state index in [0.717, 1.165) is 0 Å². The molecule has 2 aromatic carbocycles. The van der Waals surface area contributed by atoms with Crippen LogP contribution in [0, 0.1) is 5.41 Å². The largest absolute Gasteiger partial charge is 0.428 e. The quantitative estimate of drug-likeness (QED) is 0.606. The van der Waals surface area contributed by atoms with Crippen molar-refractivity contribution in [2.24, 2.45) is 5.41 Å². The molecule has 5 heteroatoms. The van der Waals surface area contributed by atoms with E-state index in [1.54, 1.807) is 0 Å². The first-order valence-corrected chi connectivity index (χ1v) is 10.1. The van der Waals surface area contributed by atoms with Crippen LogP contribution >= 0.6 is 0 Å². The predicted molar refractivity (Wildman–Crippen MR) is 99.5 cm³/mol. The first kappa shape index (κ1) is 17.9. The van der Waals surface area contributed by atoms with Crippen molar-refractivity contribution in [3.63, 3.8) is 0 Å². The van der Waals surface area contributed by atoms with Crippen LogP contribution in [0.25, 0.3) is 0 Å². The van der Waals surface area contributed by atoms with E-state index in [-0.39, 0.29) is 24.6 Å². The molecular formula is C20H24O4Si. The summed E-state index contributed by atoms with van der Waals surface area (Å²) in [4.78, 5) is 11.7. The molecule has 25 heavy (non-hydrogen) atoms. The van der Waals surface area contributed by atoms with Gasteiger partial charge in [0.2, 0.25) is 14.8 Å². The van der Waals surface area contributed by atoms with Gasteiger partial charge in [0, 0.05) is 5.41 Å². The van der Waals surface area contributed by atoms with Crippen LogP contribution in [0.4, 0.5) is 0 Å². The number of hydrogen-bond acceptors (Lipinski definition) is 4. The predicted octanol–water partition coefficient (Wildman–Crippen LogP) is 1.86. The van der Waals surface area contributed by atoms with Crippen LogP contribution in [0.1, 0.15) is 20.8 Å². The van der Waals surface area contributed by atoms with Gasteiger partial charge in [-0.05, 0) is 10.4 Å². The topological polar surface area (TPSA) is 44.8 Å². The first-order valence-electron chi connectivity index (χ1n) is 8.49. The standard InChI is InChI=1S/C20H24O4Si/c1-19(2,3)20(22-14-18(21)24-20)15-23-25(16-10-6-4-7-11-16)17-12-8-5-9-13-17/h4-13,25H,14-15H2,1-3H3/t20-/m0/s1. The van der Waals surface area contributed by atoms with Crippen LogP contribution in [0.5, 0.6) is 0 Å². The highest BCUT2D eigenvalue weighted by Gasteiger charge is 2.52. The monoisotopic (exact) mass is 356 g/mol. The Morgan fingerprint density at radius 3 is 1.92 bits per heavy atom. The molecule has 3 rings (SSSR count). The molecular weight excluding hydrogens is 332 g/mol. The van der Waals surface area contributed by atoms with Crippen LogP contribution < -0.4 is 10.4 Å². The Bertz CT molecular complexity index is 672. The average molecular weight is 356 g/mol. The lowest BCUT2D eigenvalue weighted by molar-refractivity contribution is -0.236. The van der Waals surface area contributed by atoms with Crippen molar-refractivity contribution in [2.45, 2.75) is 26.6 Å². The number of esters is 1. The summed E-state index contributed by atoms with van der Waals surface area (Å²) in [7, 11) is -1.91. The maximum absolute atomic E-state index is 11.7. The molecule has 0 aromatic heterocycles. The molecule has 1 saturated heterocycles. The summed E-state index contributed by atoms with van der Waals surface area (Å²) in [5.74, 6) is -1.38. The highest BCUT2D eigenvalue weighted by molar-refractivity contribution is 6.80. The fraction of sp³-hybridized carbons (Fsp3) is 0.350. The van der Waals surface area contributed by atoms with Gasteiger partial charge in [0.15, 0.2) is 0 Å². The molecule has 0 radical (unpaired) electrons. The van der Waals surface area contributed by atoms with Crippen molar-refractivity contribution < 1.29 is 18.7 Å². The second-order valence-corrected chi connectivity index (χ2v) is 9.70. The SMILES string of the molecule is CC(C)(C)[C@@]1(CO[SiH](c2ccccc2)c2ccccc2)OCC(=O)O1. The number of ether oxygens (including phenoxy) is 2. The molecule has 1 heterocycles. The number of cyclic esters (lactones) is 1. The van der Waals surface area contributed by atoms with Crippen molar-refractivity contribution in [3.8, 4) is 0 Å². The second-order valence-electron chi connectivity index (χ2n) is 7.28. The van der Waals surface area contributed by atoms with Crippen molar-refractivity contribution in [1.82, 2.24) is 0 Å². The van der Waals surface area contributed by atoms with E-state index in [9.17, 15) is 4.79 Å².